The number of nitrogens with one attached hydrogen (secondary N) is 1. The molecule has 8 nitrogen and oxygen atoms in total. The topological polar surface area (TPSA) is 97.3 Å². The van der Waals surface area contributed by atoms with Crippen LogP contribution in [-0.4, -0.2) is 68.8 Å². The Kier molecular flexibility index (Phi) is 6.04. The molecule has 1 atom stereocenters. The Bertz CT molecular complexity index is 1270. The van der Waals surface area contributed by atoms with Crippen LogP contribution in [0.2, 0.25) is 0 Å². The summed E-state index contributed by atoms with van der Waals surface area (Å²) in [5.41, 5.74) is 2.14. The highest BCUT2D eigenvalue weighted by Gasteiger charge is 2.48. The van der Waals surface area contributed by atoms with Gasteiger partial charge in [0, 0.05) is 30.6 Å². The number of alkyl carbamates (subject to hydrolysis) is 1. The van der Waals surface area contributed by atoms with Crippen molar-refractivity contribution in [3.8, 4) is 11.1 Å². The van der Waals surface area contributed by atoms with Crippen molar-refractivity contribution < 1.29 is 27.2 Å². The van der Waals surface area contributed by atoms with E-state index in [1.54, 1.807) is 43.3 Å². The predicted molar refractivity (Wildman–Crippen MR) is 128 cm³/mol. The third kappa shape index (κ3) is 4.77. The number of amides is 1. The second-order valence-corrected chi connectivity index (χ2v) is 12.3. The number of benzene rings is 2. The van der Waals surface area contributed by atoms with Gasteiger partial charge in [-0.1, -0.05) is 29.4 Å². The molecule has 0 spiro atoms. The Balaban J connectivity index is 1.23. The fourth-order valence-corrected chi connectivity index (χ4v) is 6.42. The minimum atomic E-state index is -3.48. The summed E-state index contributed by atoms with van der Waals surface area (Å²) in [6, 6.07) is 11.2. The molecule has 2 heterocycles. The highest BCUT2D eigenvalue weighted by Crippen LogP contribution is 2.34. The highest BCUT2D eigenvalue weighted by atomic mass is 32.2. The molecular weight excluding hydrogens is 473 g/mol. The van der Waals surface area contributed by atoms with Gasteiger partial charge in [-0.05, 0) is 50.6 Å². The summed E-state index contributed by atoms with van der Waals surface area (Å²) in [5.74, 6) is -0.442. The van der Waals surface area contributed by atoms with Crippen LogP contribution >= 0.6 is 0 Å². The van der Waals surface area contributed by atoms with E-state index in [9.17, 15) is 13.2 Å². The summed E-state index contributed by atoms with van der Waals surface area (Å²) in [5, 5.41) is 6.72. The zero-order valence-electron chi connectivity index (χ0n) is 19.7. The van der Waals surface area contributed by atoms with Crippen LogP contribution in [0.15, 0.2) is 52.5 Å². The van der Waals surface area contributed by atoms with Crippen molar-refractivity contribution in [2.24, 2.45) is 5.16 Å². The summed E-state index contributed by atoms with van der Waals surface area (Å²) < 4.78 is 45.3. The molecule has 2 aromatic rings. The predicted octanol–water partition coefficient (Wildman–Crippen LogP) is 3.35. The van der Waals surface area contributed by atoms with Crippen molar-refractivity contribution in [1.29, 1.82) is 0 Å². The van der Waals surface area contributed by atoms with Crippen molar-refractivity contribution in [1.82, 2.24) is 10.2 Å². The molecule has 1 saturated carbocycles. The van der Waals surface area contributed by atoms with Gasteiger partial charge in [0.1, 0.15) is 11.9 Å². The van der Waals surface area contributed by atoms with E-state index in [0.29, 0.717) is 41.9 Å². The Morgan fingerprint density at radius 2 is 1.89 bits per heavy atom. The van der Waals surface area contributed by atoms with Gasteiger partial charge in [-0.15, -0.1) is 0 Å². The molecule has 0 aromatic heterocycles. The van der Waals surface area contributed by atoms with Crippen LogP contribution in [0.25, 0.3) is 11.1 Å². The molecule has 1 N–H and O–H groups in total. The monoisotopic (exact) mass is 501 g/mol. The maximum atomic E-state index is 15.0. The van der Waals surface area contributed by atoms with Crippen molar-refractivity contribution in [2.75, 3.05) is 26.7 Å². The number of hydrogen-bond donors (Lipinski definition) is 1. The molecule has 2 aromatic carbocycles. The molecule has 0 unspecified atom stereocenters. The Morgan fingerprint density at radius 3 is 2.51 bits per heavy atom. The van der Waals surface area contributed by atoms with E-state index >= 15 is 4.39 Å². The number of sulfone groups is 1. The molecular formula is C25H28FN3O5S. The fraction of sp³-hybridized carbons (Fsp3) is 0.440. The summed E-state index contributed by atoms with van der Waals surface area (Å²) in [7, 11) is -1.59. The Hall–Kier alpha value is -2.98. The van der Waals surface area contributed by atoms with Gasteiger partial charge < -0.3 is 19.8 Å². The number of oxime groups is 1. The van der Waals surface area contributed by atoms with Crippen LogP contribution in [-0.2, 0) is 19.4 Å². The van der Waals surface area contributed by atoms with E-state index in [0.717, 1.165) is 12.8 Å². The molecule has 0 bridgehead atoms. The zero-order chi connectivity index (χ0) is 24.8. The van der Waals surface area contributed by atoms with E-state index in [1.165, 1.54) is 6.07 Å². The van der Waals surface area contributed by atoms with E-state index in [1.807, 2.05) is 11.9 Å². The van der Waals surface area contributed by atoms with Crippen LogP contribution in [0.1, 0.15) is 31.7 Å². The lowest BCUT2D eigenvalue weighted by Crippen LogP contribution is -2.62. The smallest absolute Gasteiger partial charge is 0.407 e. The average Bonchev–Trinajstić information content (AvgIpc) is 3.49. The van der Waals surface area contributed by atoms with Gasteiger partial charge in [0.25, 0.3) is 0 Å². The van der Waals surface area contributed by atoms with E-state index in [4.69, 9.17) is 9.57 Å². The number of likely N-dealkylation sites (tertiary alicyclic amines) is 1. The maximum Gasteiger partial charge on any atom is 0.407 e. The van der Waals surface area contributed by atoms with Crippen molar-refractivity contribution in [3.63, 3.8) is 0 Å². The molecule has 5 rings (SSSR count). The van der Waals surface area contributed by atoms with E-state index < -0.39 is 26.5 Å². The molecule has 2 aliphatic heterocycles. The van der Waals surface area contributed by atoms with Gasteiger partial charge in [-0.25, -0.2) is 17.6 Å². The maximum absolute atomic E-state index is 15.0. The van der Waals surface area contributed by atoms with Crippen molar-refractivity contribution in [3.05, 3.63) is 53.8 Å². The summed E-state index contributed by atoms with van der Waals surface area (Å²) in [6.45, 7) is 2.98. The number of ether oxygens (including phenoxy) is 1. The summed E-state index contributed by atoms with van der Waals surface area (Å²) in [6.07, 6.45) is 1.47. The fourth-order valence-electron chi connectivity index (χ4n) is 4.58. The van der Waals surface area contributed by atoms with Crippen molar-refractivity contribution >= 4 is 21.6 Å². The van der Waals surface area contributed by atoms with E-state index in [2.05, 4.69) is 10.5 Å². The number of hydrogen-bond acceptors (Lipinski definition) is 7. The first-order valence-electron chi connectivity index (χ1n) is 11.7. The minimum absolute atomic E-state index is 0.0291. The molecule has 186 valence electrons. The molecule has 2 fully saturated rings. The van der Waals surface area contributed by atoms with Gasteiger partial charge in [0.05, 0.1) is 21.9 Å². The first kappa shape index (κ1) is 23.7. The largest absolute Gasteiger partial charge is 0.446 e. The SMILES string of the molecule is CN1CC(C)(S(=O)(=O)c2ccc(-c3ccc(C4=NO[C@@H](CNC(=O)OC5CC5)C4)cc3F)cc2)C1. The average molecular weight is 502 g/mol. The first-order chi connectivity index (χ1) is 16.6. The number of nitrogens with zero attached hydrogens (tertiary/aromatic N) is 2. The molecule has 3 aliphatic rings. The third-order valence-corrected chi connectivity index (χ3v) is 9.09. The lowest BCUT2D eigenvalue weighted by atomic mass is 9.99. The molecule has 1 saturated heterocycles. The van der Waals surface area contributed by atoms with Gasteiger partial charge in [0.15, 0.2) is 15.9 Å². The Morgan fingerprint density at radius 1 is 1.20 bits per heavy atom. The van der Waals surface area contributed by atoms with Crippen LogP contribution in [0.5, 0.6) is 0 Å². The summed E-state index contributed by atoms with van der Waals surface area (Å²) in [4.78, 5) is 19.2. The first-order valence-corrected chi connectivity index (χ1v) is 13.1. The number of rotatable bonds is 7. The van der Waals surface area contributed by atoms with Crippen molar-refractivity contribution in [2.45, 2.75) is 48.0 Å². The van der Waals surface area contributed by atoms with Crippen LogP contribution in [0.4, 0.5) is 9.18 Å². The van der Waals surface area contributed by atoms with Crippen LogP contribution in [0, 0.1) is 5.82 Å². The van der Waals surface area contributed by atoms with Gasteiger partial charge in [0.2, 0.25) is 0 Å². The van der Waals surface area contributed by atoms with Crippen LogP contribution in [0.3, 0.4) is 0 Å². The Labute approximate surface area is 204 Å². The standard InChI is InChI=1S/C25H28FN3O5S/c1-25(14-29(2)15-25)35(31,32)20-8-3-16(4-9-20)21-10-5-17(11-22(21)26)23-12-19(34-28-23)13-27-24(30)33-18-6-7-18/h3-5,8-11,18-19H,6-7,12-15H2,1-2H3,(H,27,30)/t19-/m1/s1. The lowest BCUT2D eigenvalue weighted by molar-refractivity contribution is 0.0796. The lowest BCUT2D eigenvalue weighted by Gasteiger charge is -2.45. The van der Waals surface area contributed by atoms with E-state index in [-0.39, 0.29) is 23.6 Å². The highest BCUT2D eigenvalue weighted by molar-refractivity contribution is 7.93. The molecule has 0 radical (unpaired) electrons. The third-order valence-electron chi connectivity index (χ3n) is 6.64. The minimum Gasteiger partial charge on any atom is -0.446 e. The second kappa shape index (κ2) is 8.91. The second-order valence-electron chi connectivity index (χ2n) is 9.80. The van der Waals surface area contributed by atoms with Gasteiger partial charge in [-0.2, -0.15) is 0 Å². The van der Waals surface area contributed by atoms with Gasteiger partial charge >= 0.3 is 6.09 Å². The molecule has 35 heavy (non-hydrogen) atoms. The molecule has 1 aliphatic carbocycles. The molecule has 10 heteroatoms. The molecule has 1 amide bonds. The number of halogens is 1. The quantitative estimate of drug-likeness (QED) is 0.625. The van der Waals surface area contributed by atoms with Crippen LogP contribution < -0.4 is 5.32 Å². The number of carbonyl (C=O) groups excluding carboxylic acids is 1. The number of carbonyl (C=O) groups is 1. The zero-order valence-corrected chi connectivity index (χ0v) is 20.5. The summed E-state index contributed by atoms with van der Waals surface area (Å²) >= 11 is 0. The van der Waals surface area contributed by atoms with Gasteiger partial charge in [-0.3, -0.25) is 0 Å². The normalized spacial score (nSPS) is 21.6.